The van der Waals surface area contributed by atoms with Crippen LogP contribution in [-0.4, -0.2) is 0 Å². The Kier molecular flexibility index (Phi) is 4.38. The molecule has 0 spiro atoms. The SMILES string of the molecule is CC(C)c1ccc(C(C)Nc2ccc(F)c(F)c2)cc1. The molecule has 106 valence electrons. The highest BCUT2D eigenvalue weighted by Crippen LogP contribution is 2.23. The molecule has 1 unspecified atom stereocenters. The molecular formula is C17H19F2N. The fraction of sp³-hybridized carbons (Fsp3) is 0.294. The van der Waals surface area contributed by atoms with Crippen LogP contribution in [0.25, 0.3) is 0 Å². The van der Waals surface area contributed by atoms with Crippen molar-refractivity contribution in [2.24, 2.45) is 0 Å². The van der Waals surface area contributed by atoms with Crippen LogP contribution in [0.2, 0.25) is 0 Å². The van der Waals surface area contributed by atoms with Gasteiger partial charge in [0.2, 0.25) is 0 Å². The molecule has 1 nitrogen and oxygen atoms in total. The molecule has 0 heterocycles. The zero-order chi connectivity index (χ0) is 14.7. The predicted octanol–water partition coefficient (Wildman–Crippen LogP) is 5.26. The van der Waals surface area contributed by atoms with Crippen molar-refractivity contribution in [3.8, 4) is 0 Å². The summed E-state index contributed by atoms with van der Waals surface area (Å²) in [6.45, 7) is 6.29. The Morgan fingerprint density at radius 2 is 1.40 bits per heavy atom. The van der Waals surface area contributed by atoms with Crippen molar-refractivity contribution >= 4 is 5.69 Å². The molecule has 0 aromatic heterocycles. The van der Waals surface area contributed by atoms with Gasteiger partial charge in [0.1, 0.15) is 0 Å². The number of hydrogen-bond donors (Lipinski definition) is 1. The molecule has 0 radical (unpaired) electrons. The van der Waals surface area contributed by atoms with E-state index in [0.717, 1.165) is 11.6 Å². The number of benzene rings is 2. The third kappa shape index (κ3) is 3.35. The highest BCUT2D eigenvalue weighted by Gasteiger charge is 2.08. The molecule has 20 heavy (non-hydrogen) atoms. The zero-order valence-corrected chi connectivity index (χ0v) is 12.0. The van der Waals surface area contributed by atoms with E-state index in [4.69, 9.17) is 0 Å². The Hall–Kier alpha value is -1.90. The summed E-state index contributed by atoms with van der Waals surface area (Å²) in [6.07, 6.45) is 0. The van der Waals surface area contributed by atoms with E-state index in [-0.39, 0.29) is 6.04 Å². The summed E-state index contributed by atoms with van der Waals surface area (Å²) < 4.78 is 26.0. The van der Waals surface area contributed by atoms with Crippen LogP contribution in [0.5, 0.6) is 0 Å². The Bertz CT molecular complexity index is 576. The maximum atomic E-state index is 13.2. The van der Waals surface area contributed by atoms with Gasteiger partial charge in [0.25, 0.3) is 0 Å². The van der Waals surface area contributed by atoms with Crippen molar-refractivity contribution in [3.05, 3.63) is 65.2 Å². The minimum absolute atomic E-state index is 0.0288. The Balaban J connectivity index is 2.10. The topological polar surface area (TPSA) is 12.0 Å². The quantitative estimate of drug-likeness (QED) is 0.802. The molecule has 3 heteroatoms. The smallest absolute Gasteiger partial charge is 0.160 e. The van der Waals surface area contributed by atoms with E-state index >= 15 is 0 Å². The molecular weight excluding hydrogens is 256 g/mol. The van der Waals surface area contributed by atoms with Gasteiger partial charge in [0.05, 0.1) is 0 Å². The first-order valence-electron chi connectivity index (χ1n) is 6.79. The number of halogens is 2. The second-order valence-electron chi connectivity index (χ2n) is 5.32. The first-order valence-corrected chi connectivity index (χ1v) is 6.79. The molecule has 2 aromatic carbocycles. The normalized spacial score (nSPS) is 12.5. The van der Waals surface area contributed by atoms with Crippen LogP contribution in [0, 0.1) is 11.6 Å². The van der Waals surface area contributed by atoms with Crippen LogP contribution in [0.4, 0.5) is 14.5 Å². The second-order valence-corrected chi connectivity index (χ2v) is 5.32. The molecule has 0 fully saturated rings. The summed E-state index contributed by atoms with van der Waals surface area (Å²) in [5.74, 6) is -1.17. The van der Waals surface area contributed by atoms with E-state index in [1.54, 1.807) is 0 Å². The van der Waals surface area contributed by atoms with Gasteiger partial charge in [0, 0.05) is 17.8 Å². The molecule has 0 amide bonds. The van der Waals surface area contributed by atoms with Crippen molar-refractivity contribution < 1.29 is 8.78 Å². The van der Waals surface area contributed by atoms with Crippen LogP contribution in [0.1, 0.15) is 43.9 Å². The summed E-state index contributed by atoms with van der Waals surface area (Å²) >= 11 is 0. The number of anilines is 1. The fourth-order valence-electron chi connectivity index (χ4n) is 2.09. The molecule has 0 saturated carbocycles. The minimum Gasteiger partial charge on any atom is -0.378 e. The van der Waals surface area contributed by atoms with Crippen LogP contribution in [0.15, 0.2) is 42.5 Å². The average Bonchev–Trinajstić information content (AvgIpc) is 2.43. The number of rotatable bonds is 4. The minimum atomic E-state index is -0.836. The van der Waals surface area contributed by atoms with Gasteiger partial charge >= 0.3 is 0 Å². The van der Waals surface area contributed by atoms with Crippen LogP contribution in [0.3, 0.4) is 0 Å². The monoisotopic (exact) mass is 275 g/mol. The fourth-order valence-corrected chi connectivity index (χ4v) is 2.09. The van der Waals surface area contributed by atoms with Crippen molar-refractivity contribution in [2.75, 3.05) is 5.32 Å². The van der Waals surface area contributed by atoms with E-state index in [2.05, 4.69) is 43.4 Å². The van der Waals surface area contributed by atoms with Crippen molar-refractivity contribution in [2.45, 2.75) is 32.7 Å². The van der Waals surface area contributed by atoms with E-state index in [0.29, 0.717) is 11.6 Å². The van der Waals surface area contributed by atoms with Gasteiger partial charge in [-0.3, -0.25) is 0 Å². The molecule has 0 aliphatic carbocycles. The summed E-state index contributed by atoms with van der Waals surface area (Å²) in [5, 5.41) is 3.17. The number of nitrogens with one attached hydrogen (secondary N) is 1. The van der Waals surface area contributed by atoms with Crippen LogP contribution < -0.4 is 5.32 Å². The first kappa shape index (κ1) is 14.5. The Morgan fingerprint density at radius 1 is 0.800 bits per heavy atom. The average molecular weight is 275 g/mol. The summed E-state index contributed by atoms with van der Waals surface area (Å²) in [6, 6.07) is 12.2. The summed E-state index contributed by atoms with van der Waals surface area (Å²) in [5.41, 5.74) is 2.97. The molecule has 0 bridgehead atoms. The highest BCUT2D eigenvalue weighted by atomic mass is 19.2. The van der Waals surface area contributed by atoms with Crippen molar-refractivity contribution in [1.29, 1.82) is 0 Å². The molecule has 2 rings (SSSR count). The standard InChI is InChI=1S/C17H19F2N/c1-11(2)13-4-6-14(7-5-13)12(3)20-15-8-9-16(18)17(19)10-15/h4-12,20H,1-3H3. The number of hydrogen-bond acceptors (Lipinski definition) is 1. The van der Waals surface area contributed by atoms with Crippen LogP contribution in [-0.2, 0) is 0 Å². The lowest BCUT2D eigenvalue weighted by atomic mass is 9.99. The first-order chi connectivity index (χ1) is 9.47. The third-order valence-corrected chi connectivity index (χ3v) is 3.41. The molecule has 0 saturated heterocycles. The molecule has 1 atom stereocenters. The highest BCUT2D eigenvalue weighted by molar-refractivity contribution is 5.46. The zero-order valence-electron chi connectivity index (χ0n) is 12.0. The van der Waals surface area contributed by atoms with Crippen LogP contribution >= 0.6 is 0 Å². The molecule has 2 aromatic rings. The largest absolute Gasteiger partial charge is 0.378 e. The maximum absolute atomic E-state index is 13.2. The lowest BCUT2D eigenvalue weighted by molar-refractivity contribution is 0.509. The van der Waals surface area contributed by atoms with Crippen molar-refractivity contribution in [3.63, 3.8) is 0 Å². The van der Waals surface area contributed by atoms with E-state index in [1.807, 2.05) is 6.92 Å². The maximum Gasteiger partial charge on any atom is 0.160 e. The van der Waals surface area contributed by atoms with Gasteiger partial charge < -0.3 is 5.32 Å². The molecule has 0 aliphatic rings. The Morgan fingerprint density at radius 3 is 1.95 bits per heavy atom. The Labute approximate surface area is 118 Å². The van der Waals surface area contributed by atoms with Gasteiger partial charge in [-0.05, 0) is 36.1 Å². The summed E-state index contributed by atoms with van der Waals surface area (Å²) in [4.78, 5) is 0. The van der Waals surface area contributed by atoms with Gasteiger partial charge in [-0.2, -0.15) is 0 Å². The lowest BCUT2D eigenvalue weighted by Crippen LogP contribution is -2.07. The predicted molar refractivity (Wildman–Crippen MR) is 78.9 cm³/mol. The van der Waals surface area contributed by atoms with Gasteiger partial charge in [-0.1, -0.05) is 38.1 Å². The van der Waals surface area contributed by atoms with Gasteiger partial charge in [-0.15, -0.1) is 0 Å². The van der Waals surface area contributed by atoms with E-state index in [9.17, 15) is 8.78 Å². The molecule has 1 N–H and O–H groups in total. The summed E-state index contributed by atoms with van der Waals surface area (Å²) in [7, 11) is 0. The van der Waals surface area contributed by atoms with E-state index in [1.165, 1.54) is 17.7 Å². The second kappa shape index (κ2) is 6.04. The lowest BCUT2D eigenvalue weighted by Gasteiger charge is -2.17. The van der Waals surface area contributed by atoms with Gasteiger partial charge in [-0.25, -0.2) is 8.78 Å². The third-order valence-electron chi connectivity index (χ3n) is 3.41. The van der Waals surface area contributed by atoms with E-state index < -0.39 is 11.6 Å². The van der Waals surface area contributed by atoms with Crippen molar-refractivity contribution in [1.82, 2.24) is 0 Å². The molecule has 0 aliphatic heterocycles. The van der Waals surface area contributed by atoms with Gasteiger partial charge in [0.15, 0.2) is 11.6 Å².